The van der Waals surface area contributed by atoms with E-state index in [1.165, 1.54) is 27.4 Å². The molecule has 0 radical (unpaired) electrons. The zero-order chi connectivity index (χ0) is 21.7. The molecule has 2 aromatic heterocycles. The van der Waals surface area contributed by atoms with Crippen molar-refractivity contribution in [2.45, 2.75) is 32.6 Å². The fourth-order valence-corrected chi connectivity index (χ4v) is 4.12. The van der Waals surface area contributed by atoms with Gasteiger partial charge in [0, 0.05) is 29.7 Å². The molecule has 0 spiro atoms. The summed E-state index contributed by atoms with van der Waals surface area (Å²) >= 11 is 1.73. The molecule has 30 heavy (non-hydrogen) atoms. The van der Waals surface area contributed by atoms with Gasteiger partial charge in [-0.25, -0.2) is 0 Å². The first-order chi connectivity index (χ1) is 14.3. The predicted molar refractivity (Wildman–Crippen MR) is 112 cm³/mol. The van der Waals surface area contributed by atoms with Crippen molar-refractivity contribution < 1.29 is 18.0 Å². The molecule has 1 aliphatic rings. The number of hydrogen-bond acceptors (Lipinski definition) is 3. The summed E-state index contributed by atoms with van der Waals surface area (Å²) in [6, 6.07) is 10.6. The lowest BCUT2D eigenvalue weighted by atomic mass is 10.1. The highest BCUT2D eigenvalue weighted by Gasteiger charge is 2.37. The molecule has 4 nitrogen and oxygen atoms in total. The van der Waals surface area contributed by atoms with Gasteiger partial charge >= 0.3 is 6.18 Å². The van der Waals surface area contributed by atoms with Crippen molar-refractivity contribution in [3.8, 4) is 11.1 Å². The molecule has 1 aromatic carbocycles. The van der Waals surface area contributed by atoms with Crippen LogP contribution < -0.4 is 0 Å². The highest BCUT2D eigenvalue weighted by Crippen LogP contribution is 2.35. The van der Waals surface area contributed by atoms with Crippen LogP contribution in [-0.2, 0) is 30.5 Å². The molecular formula is C22H22F3N3OS. The number of rotatable bonds is 3. The van der Waals surface area contributed by atoms with Crippen molar-refractivity contribution in [2.75, 3.05) is 6.54 Å². The molecule has 0 fully saturated rings. The van der Waals surface area contributed by atoms with E-state index in [2.05, 4.69) is 23.1 Å². The Morgan fingerprint density at radius 3 is 2.63 bits per heavy atom. The summed E-state index contributed by atoms with van der Waals surface area (Å²) < 4.78 is 39.7. The quantitative estimate of drug-likeness (QED) is 0.518. The number of halogens is 3. The second kappa shape index (κ2) is 9.30. The Morgan fingerprint density at radius 2 is 2.00 bits per heavy atom. The molecule has 158 valence electrons. The van der Waals surface area contributed by atoms with Gasteiger partial charge in [0.05, 0.1) is 6.54 Å². The molecule has 1 amide bonds. The standard InChI is InChI=1S/C12H11F3N2.C10H11NOS/c1-2-17-8-10(9-6-4-3-5-7-9)11(16-17)12(13,14)15;1-2-10(12)11-5-3-8-4-6-13-9(8)7-11/h3-8H,2H2,1H3;2,4,6H,1,3,5,7H2. The molecule has 4 rings (SSSR count). The molecule has 0 aliphatic carbocycles. The van der Waals surface area contributed by atoms with E-state index in [1.807, 2.05) is 4.90 Å². The summed E-state index contributed by atoms with van der Waals surface area (Å²) in [5, 5.41) is 5.66. The lowest BCUT2D eigenvalue weighted by Crippen LogP contribution is -2.33. The maximum absolute atomic E-state index is 12.8. The van der Waals surface area contributed by atoms with E-state index in [9.17, 15) is 18.0 Å². The number of hydrogen-bond donors (Lipinski definition) is 0. The second-order valence-corrected chi connectivity index (χ2v) is 7.69. The van der Waals surface area contributed by atoms with Crippen molar-refractivity contribution in [1.82, 2.24) is 14.7 Å². The van der Waals surface area contributed by atoms with Gasteiger partial charge < -0.3 is 4.90 Å². The summed E-state index contributed by atoms with van der Waals surface area (Å²) in [5.74, 6) is 0.0408. The minimum absolute atomic E-state index is 0.0408. The Labute approximate surface area is 177 Å². The molecule has 0 unspecified atom stereocenters. The molecule has 0 N–H and O–H groups in total. The second-order valence-electron chi connectivity index (χ2n) is 6.69. The Kier molecular flexibility index (Phi) is 6.77. The molecule has 0 bridgehead atoms. The van der Waals surface area contributed by atoms with Crippen LogP contribution in [0.4, 0.5) is 13.2 Å². The minimum Gasteiger partial charge on any atom is -0.334 e. The van der Waals surface area contributed by atoms with Gasteiger partial charge in [-0.2, -0.15) is 18.3 Å². The monoisotopic (exact) mass is 433 g/mol. The molecule has 1 aliphatic heterocycles. The fourth-order valence-electron chi connectivity index (χ4n) is 3.18. The van der Waals surface area contributed by atoms with Crippen LogP contribution >= 0.6 is 11.3 Å². The van der Waals surface area contributed by atoms with Crippen LogP contribution in [0.2, 0.25) is 0 Å². The Morgan fingerprint density at radius 1 is 1.27 bits per heavy atom. The first-order valence-electron chi connectivity index (χ1n) is 9.50. The summed E-state index contributed by atoms with van der Waals surface area (Å²) in [7, 11) is 0. The number of amides is 1. The van der Waals surface area contributed by atoms with E-state index >= 15 is 0 Å². The van der Waals surface area contributed by atoms with Crippen molar-refractivity contribution in [3.05, 3.63) is 76.8 Å². The Bertz CT molecular complexity index is 1010. The largest absolute Gasteiger partial charge is 0.435 e. The number of benzene rings is 1. The number of carbonyl (C=O) groups excluding carboxylic acids is 1. The van der Waals surface area contributed by atoms with Crippen molar-refractivity contribution >= 4 is 17.2 Å². The SMILES string of the molecule is C=CC(=O)N1CCc2ccsc2C1.CCn1cc(-c2ccccc2)c(C(F)(F)F)n1. The Balaban J connectivity index is 0.000000177. The first kappa shape index (κ1) is 21.8. The van der Waals surface area contributed by atoms with Crippen LogP contribution in [0.15, 0.2) is 60.6 Å². The van der Waals surface area contributed by atoms with Crippen LogP contribution in [0, 0.1) is 0 Å². The van der Waals surface area contributed by atoms with Crippen molar-refractivity contribution in [1.29, 1.82) is 0 Å². The maximum atomic E-state index is 12.8. The smallest absolute Gasteiger partial charge is 0.334 e. The number of thiophene rings is 1. The van der Waals surface area contributed by atoms with Crippen molar-refractivity contribution in [2.24, 2.45) is 0 Å². The number of nitrogens with zero attached hydrogens (tertiary/aromatic N) is 3. The summed E-state index contributed by atoms with van der Waals surface area (Å²) in [6.07, 6.45) is -0.624. The highest BCUT2D eigenvalue weighted by molar-refractivity contribution is 7.10. The normalized spacial score (nSPS) is 13.3. The van der Waals surface area contributed by atoms with E-state index in [1.54, 1.807) is 48.6 Å². The zero-order valence-corrected chi connectivity index (χ0v) is 17.3. The first-order valence-corrected chi connectivity index (χ1v) is 10.4. The number of carbonyl (C=O) groups is 1. The van der Waals surface area contributed by atoms with E-state index < -0.39 is 11.9 Å². The molecule has 0 saturated heterocycles. The lowest BCUT2D eigenvalue weighted by Gasteiger charge is -2.25. The average Bonchev–Trinajstić information content (AvgIpc) is 3.40. The number of alkyl halides is 3. The highest BCUT2D eigenvalue weighted by atomic mass is 32.1. The predicted octanol–water partition coefficient (Wildman–Crippen LogP) is 5.41. The zero-order valence-electron chi connectivity index (χ0n) is 16.5. The van der Waals surface area contributed by atoms with E-state index in [0.717, 1.165) is 19.5 Å². The molecule has 3 heterocycles. The number of aryl methyl sites for hydroxylation is 1. The van der Waals surface area contributed by atoms with Gasteiger partial charge in [-0.05, 0) is 42.0 Å². The fraction of sp³-hybridized carbons (Fsp3) is 0.273. The summed E-state index contributed by atoms with van der Waals surface area (Å²) in [4.78, 5) is 14.5. The van der Waals surface area contributed by atoms with Crippen LogP contribution in [0.5, 0.6) is 0 Å². The van der Waals surface area contributed by atoms with E-state index in [-0.39, 0.29) is 11.5 Å². The summed E-state index contributed by atoms with van der Waals surface area (Å²) in [5.41, 5.74) is 1.23. The minimum atomic E-state index is -4.43. The molecular weight excluding hydrogens is 411 g/mol. The van der Waals surface area contributed by atoms with Gasteiger partial charge in [-0.15, -0.1) is 11.3 Å². The number of fused-ring (bicyclic) bond motifs is 1. The van der Waals surface area contributed by atoms with Crippen LogP contribution in [0.25, 0.3) is 11.1 Å². The molecule has 3 aromatic rings. The van der Waals surface area contributed by atoms with Crippen LogP contribution in [0.3, 0.4) is 0 Å². The van der Waals surface area contributed by atoms with Gasteiger partial charge in [0.2, 0.25) is 5.91 Å². The number of aromatic nitrogens is 2. The third-order valence-corrected chi connectivity index (χ3v) is 5.70. The lowest BCUT2D eigenvalue weighted by molar-refractivity contribution is -0.141. The molecule has 0 saturated carbocycles. The van der Waals surface area contributed by atoms with Crippen LogP contribution in [0.1, 0.15) is 23.1 Å². The average molecular weight is 433 g/mol. The third-order valence-electron chi connectivity index (χ3n) is 4.75. The molecule has 0 atom stereocenters. The van der Waals surface area contributed by atoms with Gasteiger partial charge in [-0.1, -0.05) is 36.9 Å². The maximum Gasteiger partial charge on any atom is 0.435 e. The van der Waals surface area contributed by atoms with Crippen molar-refractivity contribution in [3.63, 3.8) is 0 Å². The third kappa shape index (κ3) is 4.99. The molecule has 8 heteroatoms. The van der Waals surface area contributed by atoms with Gasteiger partial charge in [0.1, 0.15) is 0 Å². The summed E-state index contributed by atoms with van der Waals surface area (Å²) in [6.45, 7) is 7.25. The van der Waals surface area contributed by atoms with Crippen LogP contribution in [-0.4, -0.2) is 27.1 Å². The van der Waals surface area contributed by atoms with Gasteiger partial charge in [0.15, 0.2) is 5.69 Å². The van der Waals surface area contributed by atoms with E-state index in [4.69, 9.17) is 0 Å². The van der Waals surface area contributed by atoms with Gasteiger partial charge in [0.25, 0.3) is 0 Å². The Hall–Kier alpha value is -2.87. The topological polar surface area (TPSA) is 38.1 Å². The van der Waals surface area contributed by atoms with E-state index in [0.29, 0.717) is 12.1 Å². The van der Waals surface area contributed by atoms with Gasteiger partial charge in [-0.3, -0.25) is 9.48 Å².